The summed E-state index contributed by atoms with van der Waals surface area (Å²) in [6.07, 6.45) is 6.97. The molecule has 2 aromatic rings. The van der Waals surface area contributed by atoms with E-state index in [4.69, 9.17) is 4.42 Å². The van der Waals surface area contributed by atoms with Gasteiger partial charge in [-0.2, -0.15) is 0 Å². The molecule has 0 aliphatic carbocycles. The Labute approximate surface area is 92.0 Å². The molecule has 0 amide bonds. The number of rotatable bonds is 3. The molecule has 1 aromatic carbocycles. The van der Waals surface area contributed by atoms with E-state index in [9.17, 15) is 10.1 Å². The van der Waals surface area contributed by atoms with Crippen LogP contribution >= 0.6 is 0 Å². The molecule has 1 aromatic heterocycles. The Kier molecular flexibility index (Phi) is 2.82. The van der Waals surface area contributed by atoms with Crippen molar-refractivity contribution in [3.05, 3.63) is 64.1 Å². The lowest BCUT2D eigenvalue weighted by molar-refractivity contribution is -0.384. The number of benzene rings is 1. The molecule has 0 N–H and O–H groups in total. The quantitative estimate of drug-likeness (QED) is 0.582. The molecule has 2 rings (SSSR count). The average molecular weight is 215 g/mol. The number of furan rings is 1. The fraction of sp³-hybridized carbons (Fsp3) is 0. The molecular weight excluding hydrogens is 206 g/mol. The van der Waals surface area contributed by atoms with Crippen molar-refractivity contribution >= 4 is 17.8 Å². The summed E-state index contributed by atoms with van der Waals surface area (Å²) in [6.45, 7) is 0. The van der Waals surface area contributed by atoms with Gasteiger partial charge in [-0.15, -0.1) is 0 Å². The molecule has 0 aliphatic rings. The standard InChI is InChI=1S/C12H9NO3/c14-13(15)12-5-3-10(4-6-12)1-2-11-7-8-16-9-11/h1-9H/b2-1+. The van der Waals surface area contributed by atoms with Crippen LogP contribution in [0.2, 0.25) is 0 Å². The molecule has 0 aliphatic heterocycles. The largest absolute Gasteiger partial charge is 0.472 e. The van der Waals surface area contributed by atoms with E-state index < -0.39 is 4.92 Å². The van der Waals surface area contributed by atoms with Gasteiger partial charge in [0.1, 0.15) is 0 Å². The van der Waals surface area contributed by atoms with Gasteiger partial charge in [0.05, 0.1) is 17.4 Å². The zero-order valence-corrected chi connectivity index (χ0v) is 8.37. The third-order valence-electron chi connectivity index (χ3n) is 2.12. The lowest BCUT2D eigenvalue weighted by Crippen LogP contribution is -1.86. The van der Waals surface area contributed by atoms with Gasteiger partial charge < -0.3 is 4.42 Å². The number of hydrogen-bond acceptors (Lipinski definition) is 3. The molecule has 16 heavy (non-hydrogen) atoms. The summed E-state index contributed by atoms with van der Waals surface area (Å²) in [5, 5.41) is 10.4. The van der Waals surface area contributed by atoms with Crippen molar-refractivity contribution in [2.45, 2.75) is 0 Å². The summed E-state index contributed by atoms with van der Waals surface area (Å²) in [4.78, 5) is 10.0. The van der Waals surface area contributed by atoms with Crippen LogP contribution in [-0.2, 0) is 0 Å². The van der Waals surface area contributed by atoms with Gasteiger partial charge in [-0.3, -0.25) is 10.1 Å². The zero-order chi connectivity index (χ0) is 11.4. The number of non-ortho nitro benzene ring substituents is 1. The van der Waals surface area contributed by atoms with Gasteiger partial charge in [0.15, 0.2) is 0 Å². The van der Waals surface area contributed by atoms with E-state index >= 15 is 0 Å². The van der Waals surface area contributed by atoms with Crippen LogP contribution in [0.3, 0.4) is 0 Å². The molecule has 0 spiro atoms. The highest BCUT2D eigenvalue weighted by Crippen LogP contribution is 2.14. The smallest absolute Gasteiger partial charge is 0.269 e. The van der Waals surface area contributed by atoms with Gasteiger partial charge in [0.25, 0.3) is 5.69 Å². The summed E-state index contributed by atoms with van der Waals surface area (Å²) in [5.41, 5.74) is 1.96. The Morgan fingerprint density at radius 1 is 1.06 bits per heavy atom. The number of nitro groups is 1. The highest BCUT2D eigenvalue weighted by Gasteiger charge is 2.01. The van der Waals surface area contributed by atoms with Crippen LogP contribution in [0.1, 0.15) is 11.1 Å². The maximum absolute atomic E-state index is 10.4. The summed E-state index contributed by atoms with van der Waals surface area (Å²) < 4.78 is 4.91. The van der Waals surface area contributed by atoms with E-state index in [1.165, 1.54) is 12.1 Å². The van der Waals surface area contributed by atoms with Crippen LogP contribution in [0.5, 0.6) is 0 Å². The fourth-order valence-corrected chi connectivity index (χ4v) is 1.27. The van der Waals surface area contributed by atoms with Crippen molar-refractivity contribution in [3.63, 3.8) is 0 Å². The second-order valence-electron chi connectivity index (χ2n) is 3.24. The first-order valence-electron chi connectivity index (χ1n) is 4.70. The lowest BCUT2D eigenvalue weighted by Gasteiger charge is -1.92. The van der Waals surface area contributed by atoms with Gasteiger partial charge in [0.2, 0.25) is 0 Å². The van der Waals surface area contributed by atoms with Crippen LogP contribution in [0.15, 0.2) is 47.3 Å². The molecule has 0 saturated heterocycles. The summed E-state index contributed by atoms with van der Waals surface area (Å²) in [6, 6.07) is 8.20. The molecule has 0 saturated carbocycles. The Morgan fingerprint density at radius 2 is 1.75 bits per heavy atom. The number of hydrogen-bond donors (Lipinski definition) is 0. The highest BCUT2D eigenvalue weighted by molar-refractivity contribution is 5.69. The molecule has 0 atom stereocenters. The van der Waals surface area contributed by atoms with Gasteiger partial charge >= 0.3 is 0 Å². The molecule has 0 radical (unpaired) electrons. The first-order valence-corrected chi connectivity index (χ1v) is 4.70. The molecule has 4 heteroatoms. The molecule has 0 unspecified atom stereocenters. The van der Waals surface area contributed by atoms with Crippen LogP contribution in [-0.4, -0.2) is 4.92 Å². The number of nitrogens with zero attached hydrogens (tertiary/aromatic N) is 1. The second kappa shape index (κ2) is 4.44. The van der Waals surface area contributed by atoms with Crippen molar-refractivity contribution in [3.8, 4) is 0 Å². The van der Waals surface area contributed by atoms with Gasteiger partial charge in [0, 0.05) is 17.7 Å². The Hall–Kier alpha value is -2.36. The molecule has 4 nitrogen and oxygen atoms in total. The fourth-order valence-electron chi connectivity index (χ4n) is 1.27. The highest BCUT2D eigenvalue weighted by atomic mass is 16.6. The van der Waals surface area contributed by atoms with Crippen molar-refractivity contribution in [2.75, 3.05) is 0 Å². The van der Waals surface area contributed by atoms with E-state index in [2.05, 4.69) is 0 Å². The molecular formula is C12H9NO3. The minimum absolute atomic E-state index is 0.0976. The Bertz CT molecular complexity index is 498. The molecule has 1 heterocycles. The van der Waals surface area contributed by atoms with Crippen LogP contribution in [0, 0.1) is 10.1 Å². The van der Waals surface area contributed by atoms with Crippen LogP contribution in [0.25, 0.3) is 12.2 Å². The third kappa shape index (κ3) is 2.36. The third-order valence-corrected chi connectivity index (χ3v) is 2.12. The average Bonchev–Trinajstić information content (AvgIpc) is 2.80. The SMILES string of the molecule is O=[N+]([O-])c1ccc(/C=C/c2ccoc2)cc1. The van der Waals surface area contributed by atoms with Crippen molar-refractivity contribution < 1.29 is 9.34 Å². The van der Waals surface area contributed by atoms with E-state index in [0.717, 1.165) is 11.1 Å². The van der Waals surface area contributed by atoms with Gasteiger partial charge in [-0.25, -0.2) is 0 Å². The predicted molar refractivity (Wildman–Crippen MR) is 60.7 cm³/mol. The molecule has 0 bridgehead atoms. The van der Waals surface area contributed by atoms with Crippen molar-refractivity contribution in [1.29, 1.82) is 0 Å². The monoisotopic (exact) mass is 215 g/mol. The second-order valence-corrected chi connectivity index (χ2v) is 3.24. The first kappa shape index (κ1) is 10.2. The van der Waals surface area contributed by atoms with Crippen molar-refractivity contribution in [2.24, 2.45) is 0 Å². The van der Waals surface area contributed by atoms with E-state index in [1.54, 1.807) is 24.7 Å². The van der Waals surface area contributed by atoms with Gasteiger partial charge in [-0.05, 0) is 23.8 Å². The molecule has 0 fully saturated rings. The topological polar surface area (TPSA) is 56.3 Å². The van der Waals surface area contributed by atoms with E-state index in [0.29, 0.717) is 0 Å². The van der Waals surface area contributed by atoms with Gasteiger partial charge in [-0.1, -0.05) is 12.2 Å². The minimum Gasteiger partial charge on any atom is -0.472 e. The van der Waals surface area contributed by atoms with E-state index in [1.807, 2.05) is 18.2 Å². The zero-order valence-electron chi connectivity index (χ0n) is 8.37. The predicted octanol–water partition coefficient (Wildman–Crippen LogP) is 3.36. The normalized spacial score (nSPS) is 10.8. The Balaban J connectivity index is 2.14. The minimum atomic E-state index is -0.413. The summed E-state index contributed by atoms with van der Waals surface area (Å²) in [5.74, 6) is 0. The number of nitro benzene ring substituents is 1. The van der Waals surface area contributed by atoms with Crippen LogP contribution < -0.4 is 0 Å². The Morgan fingerprint density at radius 3 is 2.31 bits per heavy atom. The lowest BCUT2D eigenvalue weighted by atomic mass is 10.1. The van der Waals surface area contributed by atoms with Crippen LogP contribution in [0.4, 0.5) is 5.69 Å². The maximum atomic E-state index is 10.4. The summed E-state index contributed by atoms with van der Waals surface area (Å²) in [7, 11) is 0. The summed E-state index contributed by atoms with van der Waals surface area (Å²) >= 11 is 0. The first-order chi connectivity index (χ1) is 7.75. The van der Waals surface area contributed by atoms with Crippen molar-refractivity contribution in [1.82, 2.24) is 0 Å². The molecule has 80 valence electrons. The van der Waals surface area contributed by atoms with E-state index in [-0.39, 0.29) is 5.69 Å². The maximum Gasteiger partial charge on any atom is 0.269 e.